The minimum absolute atomic E-state index is 0.0444. The van der Waals surface area contributed by atoms with Gasteiger partial charge in [-0.15, -0.1) is 0 Å². The van der Waals surface area contributed by atoms with Gasteiger partial charge in [-0.05, 0) is 31.6 Å². The van der Waals surface area contributed by atoms with Gasteiger partial charge in [-0.2, -0.15) is 0 Å². The van der Waals surface area contributed by atoms with E-state index in [0.717, 1.165) is 32.1 Å². The molecule has 1 aliphatic rings. The lowest BCUT2D eigenvalue weighted by Crippen LogP contribution is -2.36. The normalized spacial score (nSPS) is 22.8. The summed E-state index contributed by atoms with van der Waals surface area (Å²) in [5, 5.41) is 2.95. The second-order valence-corrected chi connectivity index (χ2v) is 5.70. The zero-order chi connectivity index (χ0) is 15.0. The van der Waals surface area contributed by atoms with Gasteiger partial charge in [0, 0.05) is 25.1 Å². The zero-order valence-electron chi connectivity index (χ0n) is 13.0. The highest BCUT2D eigenvalue weighted by molar-refractivity contribution is 5.85. The molecule has 0 saturated carbocycles. The largest absolute Gasteiger partial charge is 0.354 e. The molecule has 0 unspecified atom stereocenters. The fourth-order valence-corrected chi connectivity index (χ4v) is 2.66. The fourth-order valence-electron chi connectivity index (χ4n) is 2.66. The van der Waals surface area contributed by atoms with Gasteiger partial charge in [-0.25, -0.2) is 0 Å². The Bertz CT molecular complexity index is 352. The molecule has 1 amide bonds. The molecule has 0 aliphatic carbocycles. The van der Waals surface area contributed by atoms with E-state index in [-0.39, 0.29) is 17.9 Å². The molecular weight excluding hydrogens is 252 g/mol. The van der Waals surface area contributed by atoms with Crippen LogP contribution in [0, 0.1) is 11.8 Å². The summed E-state index contributed by atoms with van der Waals surface area (Å²) in [6.45, 7) is 6.74. The first-order chi connectivity index (χ1) is 9.60. The van der Waals surface area contributed by atoms with Crippen LogP contribution in [0.5, 0.6) is 0 Å². The summed E-state index contributed by atoms with van der Waals surface area (Å²) in [6, 6.07) is -0.194. The molecule has 0 aromatic heterocycles. The predicted octanol–water partition coefficient (Wildman–Crippen LogP) is 2.76. The molecule has 3 atom stereocenters. The maximum Gasteiger partial charge on any atom is 0.245 e. The Kier molecular flexibility index (Phi) is 7.48. The van der Waals surface area contributed by atoms with E-state index < -0.39 is 0 Å². The lowest BCUT2D eigenvalue weighted by Gasteiger charge is -2.14. The molecule has 0 spiro atoms. The van der Waals surface area contributed by atoms with Gasteiger partial charge in [-0.3, -0.25) is 14.6 Å². The number of carbonyl (C=O) groups excluding carboxylic acids is 2. The van der Waals surface area contributed by atoms with Crippen molar-refractivity contribution in [3.05, 3.63) is 0 Å². The van der Waals surface area contributed by atoms with Gasteiger partial charge in [0.05, 0.1) is 0 Å². The van der Waals surface area contributed by atoms with Crippen molar-refractivity contribution in [2.75, 3.05) is 6.54 Å². The summed E-state index contributed by atoms with van der Waals surface area (Å²) < 4.78 is 0. The molecule has 1 aliphatic heterocycles. The topological polar surface area (TPSA) is 58.5 Å². The highest BCUT2D eigenvalue weighted by atomic mass is 16.2. The molecule has 0 radical (unpaired) electrons. The summed E-state index contributed by atoms with van der Waals surface area (Å²) >= 11 is 0. The van der Waals surface area contributed by atoms with E-state index >= 15 is 0 Å². The predicted molar refractivity (Wildman–Crippen MR) is 82.0 cm³/mol. The van der Waals surface area contributed by atoms with Gasteiger partial charge >= 0.3 is 0 Å². The number of nitrogens with zero attached hydrogens (tertiary/aromatic N) is 1. The molecule has 1 rings (SSSR count). The lowest BCUT2D eigenvalue weighted by molar-refractivity contribution is -0.124. The Hall–Kier alpha value is -1.19. The van der Waals surface area contributed by atoms with Gasteiger partial charge in [0.1, 0.15) is 11.8 Å². The first-order valence-corrected chi connectivity index (χ1v) is 7.92. The summed E-state index contributed by atoms with van der Waals surface area (Å²) in [5.74, 6) is 0.936. The number of rotatable bonds is 9. The van der Waals surface area contributed by atoms with E-state index in [1.807, 2.05) is 13.1 Å². The van der Waals surface area contributed by atoms with Crippen LogP contribution in [-0.2, 0) is 9.59 Å². The average molecular weight is 280 g/mol. The fraction of sp³-hybridized carbons (Fsp3) is 0.812. The maximum absolute atomic E-state index is 11.9. The van der Waals surface area contributed by atoms with Crippen LogP contribution < -0.4 is 5.32 Å². The smallest absolute Gasteiger partial charge is 0.245 e. The molecule has 1 N–H and O–H groups in total. The van der Waals surface area contributed by atoms with Crippen molar-refractivity contribution in [3.8, 4) is 0 Å². The minimum Gasteiger partial charge on any atom is -0.354 e. The van der Waals surface area contributed by atoms with E-state index in [1.54, 1.807) is 0 Å². The standard InChI is InChI=1S/C16H28N2O2/c1-4-13(14(19)5-2)8-6-7-10-18-16(20)15-12(3)9-11-17-15/h11-13,15H,4-10H2,1-3H3,(H,18,20)/t12-,13+,15-/m0/s1. The SMILES string of the molecule is CCC(=O)[C@H](CC)CCCCNC(=O)[C@H]1N=CC[C@@H]1C. The van der Waals surface area contributed by atoms with Crippen molar-refractivity contribution in [2.24, 2.45) is 16.8 Å². The molecule has 4 nitrogen and oxygen atoms in total. The highest BCUT2D eigenvalue weighted by Gasteiger charge is 2.26. The molecule has 0 fully saturated rings. The molecule has 0 aromatic rings. The first kappa shape index (κ1) is 16.9. The second kappa shape index (κ2) is 8.88. The minimum atomic E-state index is -0.194. The van der Waals surface area contributed by atoms with Gasteiger partial charge in [0.2, 0.25) is 5.91 Å². The Morgan fingerprint density at radius 2 is 2.10 bits per heavy atom. The number of carbonyl (C=O) groups is 2. The average Bonchev–Trinajstić information content (AvgIpc) is 2.88. The van der Waals surface area contributed by atoms with Crippen LogP contribution in [0.1, 0.15) is 59.3 Å². The van der Waals surface area contributed by atoms with Crippen LogP contribution in [-0.4, -0.2) is 30.5 Å². The van der Waals surface area contributed by atoms with Crippen molar-refractivity contribution in [3.63, 3.8) is 0 Å². The number of nitrogens with one attached hydrogen (secondary N) is 1. The van der Waals surface area contributed by atoms with Crippen molar-refractivity contribution >= 4 is 17.9 Å². The highest BCUT2D eigenvalue weighted by Crippen LogP contribution is 2.17. The van der Waals surface area contributed by atoms with E-state index in [9.17, 15) is 9.59 Å². The van der Waals surface area contributed by atoms with Gasteiger partial charge in [0.25, 0.3) is 0 Å². The van der Waals surface area contributed by atoms with Gasteiger partial charge in [-0.1, -0.05) is 27.2 Å². The summed E-state index contributed by atoms with van der Waals surface area (Å²) in [4.78, 5) is 27.7. The molecule has 4 heteroatoms. The molecule has 0 saturated heterocycles. The number of amides is 1. The van der Waals surface area contributed by atoms with Crippen molar-refractivity contribution < 1.29 is 9.59 Å². The third-order valence-electron chi connectivity index (χ3n) is 4.13. The number of hydrogen-bond acceptors (Lipinski definition) is 3. The molecule has 0 aromatic carbocycles. The van der Waals surface area contributed by atoms with Crippen LogP contribution in [0.25, 0.3) is 0 Å². The quantitative estimate of drug-likeness (QED) is 0.660. The molecule has 0 bridgehead atoms. The first-order valence-electron chi connectivity index (χ1n) is 7.92. The maximum atomic E-state index is 11.9. The Balaban J connectivity index is 2.14. The Morgan fingerprint density at radius 1 is 1.35 bits per heavy atom. The molecule has 1 heterocycles. The summed E-state index contributed by atoms with van der Waals surface area (Å²) in [5.41, 5.74) is 0. The molecular formula is C16H28N2O2. The number of hydrogen-bond donors (Lipinski definition) is 1. The van der Waals surface area contributed by atoms with E-state index in [0.29, 0.717) is 24.7 Å². The van der Waals surface area contributed by atoms with E-state index in [1.165, 1.54) is 0 Å². The van der Waals surface area contributed by atoms with E-state index in [2.05, 4.69) is 24.2 Å². The van der Waals surface area contributed by atoms with Crippen molar-refractivity contribution in [2.45, 2.75) is 65.3 Å². The molecule has 20 heavy (non-hydrogen) atoms. The number of ketones is 1. The van der Waals surface area contributed by atoms with Crippen LogP contribution in [0.4, 0.5) is 0 Å². The van der Waals surface area contributed by atoms with Crippen LogP contribution in [0.2, 0.25) is 0 Å². The summed E-state index contributed by atoms with van der Waals surface area (Å²) in [7, 11) is 0. The monoisotopic (exact) mass is 280 g/mol. The van der Waals surface area contributed by atoms with Crippen LogP contribution >= 0.6 is 0 Å². The second-order valence-electron chi connectivity index (χ2n) is 5.70. The zero-order valence-corrected chi connectivity index (χ0v) is 13.0. The van der Waals surface area contributed by atoms with Crippen LogP contribution in [0.3, 0.4) is 0 Å². The number of Topliss-reactive ketones (excluding diaryl/α,β-unsaturated/α-hetero) is 1. The van der Waals surface area contributed by atoms with E-state index in [4.69, 9.17) is 0 Å². The van der Waals surface area contributed by atoms with Gasteiger partial charge in [0.15, 0.2) is 0 Å². The Labute approximate surface area is 122 Å². The van der Waals surface area contributed by atoms with Crippen molar-refractivity contribution in [1.29, 1.82) is 0 Å². The Morgan fingerprint density at radius 3 is 2.65 bits per heavy atom. The number of unbranched alkanes of at least 4 members (excludes halogenated alkanes) is 1. The third kappa shape index (κ3) is 5.06. The summed E-state index contributed by atoms with van der Waals surface area (Å²) in [6.07, 6.45) is 7.17. The van der Waals surface area contributed by atoms with Crippen LogP contribution in [0.15, 0.2) is 4.99 Å². The van der Waals surface area contributed by atoms with Crippen molar-refractivity contribution in [1.82, 2.24) is 5.32 Å². The third-order valence-corrected chi connectivity index (χ3v) is 4.13. The molecule has 114 valence electrons. The number of aliphatic imine (C=N–C) groups is 1. The van der Waals surface area contributed by atoms with Gasteiger partial charge < -0.3 is 5.32 Å². The lowest BCUT2D eigenvalue weighted by atomic mass is 9.93.